The van der Waals surface area contributed by atoms with Crippen molar-refractivity contribution in [1.82, 2.24) is 10.3 Å². The Bertz CT molecular complexity index is 664. The van der Waals surface area contributed by atoms with Gasteiger partial charge in [-0.1, -0.05) is 11.6 Å². The molecule has 0 spiro atoms. The van der Waals surface area contributed by atoms with Crippen LogP contribution < -0.4 is 10.1 Å². The predicted octanol–water partition coefficient (Wildman–Crippen LogP) is 3.72. The summed E-state index contributed by atoms with van der Waals surface area (Å²) in [4.78, 5) is 14.5. The fraction of sp³-hybridized carbons (Fsp3) is 0.214. The summed E-state index contributed by atoms with van der Waals surface area (Å²) in [7, 11) is 1.84. The van der Waals surface area contributed by atoms with Gasteiger partial charge in [-0.25, -0.2) is 4.98 Å². The third kappa shape index (κ3) is 3.68. The van der Waals surface area contributed by atoms with Gasteiger partial charge in [0.25, 0.3) is 0 Å². The van der Waals surface area contributed by atoms with Crippen molar-refractivity contribution in [3.8, 4) is 11.6 Å². The smallest absolute Gasteiger partial charge is 0.311 e. The summed E-state index contributed by atoms with van der Waals surface area (Å²) in [6, 6.07) is 7.84. The Morgan fingerprint density at radius 2 is 2.14 bits per heavy atom. The minimum atomic E-state index is -0.522. The highest BCUT2D eigenvalue weighted by Gasteiger charge is 2.17. The SMILES string of the molecule is CNC(C)c1ccnc(Oc2cc(Cl)ccc2[N+](=O)[O-])c1. The van der Waals surface area contributed by atoms with Crippen LogP contribution in [0.4, 0.5) is 5.69 Å². The number of ether oxygens (including phenoxy) is 1. The molecular formula is C14H14ClN3O3. The van der Waals surface area contributed by atoms with Crippen molar-refractivity contribution in [1.29, 1.82) is 0 Å². The van der Waals surface area contributed by atoms with Gasteiger partial charge in [0.2, 0.25) is 11.6 Å². The highest BCUT2D eigenvalue weighted by atomic mass is 35.5. The van der Waals surface area contributed by atoms with E-state index in [1.165, 1.54) is 18.2 Å². The van der Waals surface area contributed by atoms with Crippen molar-refractivity contribution in [2.75, 3.05) is 7.05 Å². The summed E-state index contributed by atoms with van der Waals surface area (Å²) in [5.41, 5.74) is 0.806. The topological polar surface area (TPSA) is 77.3 Å². The molecule has 0 radical (unpaired) electrons. The van der Waals surface area contributed by atoms with Crippen molar-refractivity contribution in [3.05, 3.63) is 57.2 Å². The highest BCUT2D eigenvalue weighted by molar-refractivity contribution is 6.30. The van der Waals surface area contributed by atoms with Gasteiger partial charge in [-0.05, 0) is 31.7 Å². The Hall–Kier alpha value is -2.18. The average molecular weight is 308 g/mol. The molecule has 2 aromatic rings. The monoisotopic (exact) mass is 307 g/mol. The molecule has 1 atom stereocenters. The van der Waals surface area contributed by atoms with E-state index in [-0.39, 0.29) is 23.4 Å². The van der Waals surface area contributed by atoms with E-state index in [1.54, 1.807) is 12.3 Å². The zero-order chi connectivity index (χ0) is 15.4. The lowest BCUT2D eigenvalue weighted by molar-refractivity contribution is -0.385. The lowest BCUT2D eigenvalue weighted by Gasteiger charge is -2.12. The molecule has 0 saturated heterocycles. The van der Waals surface area contributed by atoms with E-state index in [0.29, 0.717) is 5.02 Å². The van der Waals surface area contributed by atoms with Crippen LogP contribution in [0.15, 0.2) is 36.5 Å². The number of benzene rings is 1. The number of nitro benzene ring substituents is 1. The molecule has 1 aromatic carbocycles. The van der Waals surface area contributed by atoms with E-state index < -0.39 is 4.92 Å². The third-order valence-corrected chi connectivity index (χ3v) is 3.26. The first-order valence-corrected chi connectivity index (χ1v) is 6.64. The van der Waals surface area contributed by atoms with E-state index >= 15 is 0 Å². The number of aromatic nitrogens is 1. The number of hydrogen-bond acceptors (Lipinski definition) is 5. The Kier molecular flexibility index (Phi) is 4.72. The molecule has 6 nitrogen and oxygen atoms in total. The van der Waals surface area contributed by atoms with Gasteiger partial charge in [0.05, 0.1) is 4.92 Å². The lowest BCUT2D eigenvalue weighted by Crippen LogP contribution is -2.12. The van der Waals surface area contributed by atoms with Gasteiger partial charge in [-0.2, -0.15) is 0 Å². The van der Waals surface area contributed by atoms with Crippen LogP contribution in [0.1, 0.15) is 18.5 Å². The number of nitro groups is 1. The molecular weight excluding hydrogens is 294 g/mol. The second kappa shape index (κ2) is 6.51. The molecule has 0 bridgehead atoms. The number of nitrogens with zero attached hydrogens (tertiary/aromatic N) is 2. The van der Waals surface area contributed by atoms with Crippen LogP contribution in [0, 0.1) is 10.1 Å². The van der Waals surface area contributed by atoms with Gasteiger partial charge in [0, 0.05) is 35.5 Å². The second-order valence-corrected chi connectivity index (χ2v) is 4.85. The van der Waals surface area contributed by atoms with Crippen LogP contribution >= 0.6 is 11.6 Å². The van der Waals surface area contributed by atoms with Gasteiger partial charge in [-0.15, -0.1) is 0 Å². The largest absolute Gasteiger partial charge is 0.432 e. The number of nitrogens with one attached hydrogen (secondary N) is 1. The van der Waals surface area contributed by atoms with Crippen LogP contribution in [0.2, 0.25) is 5.02 Å². The van der Waals surface area contributed by atoms with Gasteiger partial charge in [0.15, 0.2) is 0 Å². The van der Waals surface area contributed by atoms with Crippen LogP contribution in [0.3, 0.4) is 0 Å². The molecule has 0 fully saturated rings. The molecule has 0 aliphatic carbocycles. The molecule has 0 aliphatic rings. The van der Waals surface area contributed by atoms with Crippen LogP contribution in [-0.4, -0.2) is 17.0 Å². The summed E-state index contributed by atoms with van der Waals surface area (Å²) in [5.74, 6) is 0.342. The molecule has 0 aliphatic heterocycles. The number of rotatable bonds is 5. The Balaban J connectivity index is 2.34. The van der Waals surface area contributed by atoms with Gasteiger partial charge < -0.3 is 10.1 Å². The standard InChI is InChI=1S/C14H14ClN3O3/c1-9(16-2)10-5-6-17-14(7-10)21-13-8-11(15)3-4-12(13)18(19)20/h3-9,16H,1-2H3. The maximum Gasteiger partial charge on any atom is 0.311 e. The molecule has 1 aromatic heterocycles. The first-order chi connectivity index (χ1) is 10.0. The van der Waals surface area contributed by atoms with Gasteiger partial charge in [-0.3, -0.25) is 10.1 Å². The number of pyridine rings is 1. The second-order valence-electron chi connectivity index (χ2n) is 4.41. The van der Waals surface area contributed by atoms with Crippen molar-refractivity contribution in [2.24, 2.45) is 0 Å². The number of hydrogen-bond donors (Lipinski definition) is 1. The lowest BCUT2D eigenvalue weighted by atomic mass is 10.1. The number of halogens is 1. The van der Waals surface area contributed by atoms with Crippen molar-refractivity contribution in [3.63, 3.8) is 0 Å². The van der Waals surface area contributed by atoms with E-state index in [9.17, 15) is 10.1 Å². The molecule has 0 saturated carbocycles. The fourth-order valence-electron chi connectivity index (χ4n) is 1.75. The molecule has 21 heavy (non-hydrogen) atoms. The minimum Gasteiger partial charge on any atom is -0.432 e. The zero-order valence-electron chi connectivity index (χ0n) is 11.5. The Morgan fingerprint density at radius 1 is 1.38 bits per heavy atom. The summed E-state index contributed by atoms with van der Waals surface area (Å²) in [5, 5.41) is 14.5. The fourth-order valence-corrected chi connectivity index (χ4v) is 1.91. The molecule has 2 rings (SSSR count). The summed E-state index contributed by atoms with van der Waals surface area (Å²) in [6.45, 7) is 1.99. The first kappa shape index (κ1) is 15.2. The maximum absolute atomic E-state index is 11.0. The molecule has 1 N–H and O–H groups in total. The van der Waals surface area contributed by atoms with E-state index in [0.717, 1.165) is 5.56 Å². The van der Waals surface area contributed by atoms with Crippen molar-refractivity contribution in [2.45, 2.75) is 13.0 Å². The highest BCUT2D eigenvalue weighted by Crippen LogP contribution is 2.33. The Morgan fingerprint density at radius 3 is 2.81 bits per heavy atom. The van der Waals surface area contributed by atoms with Crippen LogP contribution in [-0.2, 0) is 0 Å². The van der Waals surface area contributed by atoms with Crippen molar-refractivity contribution < 1.29 is 9.66 Å². The normalized spacial score (nSPS) is 12.0. The third-order valence-electron chi connectivity index (χ3n) is 3.02. The summed E-state index contributed by atoms with van der Waals surface area (Å²) < 4.78 is 5.52. The van der Waals surface area contributed by atoms with E-state index in [2.05, 4.69) is 10.3 Å². The van der Waals surface area contributed by atoms with E-state index in [4.69, 9.17) is 16.3 Å². The average Bonchev–Trinajstić information content (AvgIpc) is 2.46. The summed E-state index contributed by atoms with van der Waals surface area (Å²) in [6.07, 6.45) is 1.59. The quantitative estimate of drug-likeness (QED) is 0.673. The molecule has 7 heteroatoms. The van der Waals surface area contributed by atoms with Crippen molar-refractivity contribution >= 4 is 17.3 Å². The predicted molar refractivity (Wildman–Crippen MR) is 79.9 cm³/mol. The van der Waals surface area contributed by atoms with Gasteiger partial charge >= 0.3 is 5.69 Å². The zero-order valence-corrected chi connectivity index (χ0v) is 12.3. The molecule has 110 valence electrons. The first-order valence-electron chi connectivity index (χ1n) is 6.26. The van der Waals surface area contributed by atoms with Crippen LogP contribution in [0.5, 0.6) is 11.6 Å². The van der Waals surface area contributed by atoms with E-state index in [1.807, 2.05) is 20.0 Å². The minimum absolute atomic E-state index is 0.0641. The van der Waals surface area contributed by atoms with Crippen LogP contribution in [0.25, 0.3) is 0 Å². The molecule has 0 amide bonds. The Labute approximate surface area is 126 Å². The molecule has 1 unspecified atom stereocenters. The van der Waals surface area contributed by atoms with Gasteiger partial charge in [0.1, 0.15) is 0 Å². The summed E-state index contributed by atoms with van der Waals surface area (Å²) >= 11 is 5.86. The molecule has 1 heterocycles. The maximum atomic E-state index is 11.0.